The number of benzene rings is 1. The highest BCUT2D eigenvalue weighted by Crippen LogP contribution is 2.25. The lowest BCUT2D eigenvalue weighted by molar-refractivity contribution is 0.101. The normalized spacial score (nSPS) is 18.4. The Balaban J connectivity index is 2.03. The van der Waals surface area contributed by atoms with E-state index in [1.165, 1.54) is 5.56 Å². The van der Waals surface area contributed by atoms with Crippen LogP contribution in [0.25, 0.3) is 0 Å². The van der Waals surface area contributed by atoms with Gasteiger partial charge in [0.15, 0.2) is 0 Å². The van der Waals surface area contributed by atoms with Crippen LogP contribution in [0.2, 0.25) is 5.02 Å². The average molecular weight is 294 g/mol. The number of rotatable bonds is 6. The largest absolute Gasteiger partial charge is 0.356 e. The molecule has 0 aromatic heterocycles. The van der Waals surface area contributed by atoms with Gasteiger partial charge in [-0.3, -0.25) is 0 Å². The van der Waals surface area contributed by atoms with Crippen molar-refractivity contribution in [3.63, 3.8) is 0 Å². The lowest BCUT2D eigenvalue weighted by Gasteiger charge is -2.35. The number of hydrogen-bond acceptors (Lipinski definition) is 3. The van der Waals surface area contributed by atoms with Crippen molar-refractivity contribution in [1.82, 2.24) is 9.80 Å². The molecular weight excluding hydrogens is 270 g/mol. The second kappa shape index (κ2) is 7.00. The minimum atomic E-state index is 0.414. The van der Waals surface area contributed by atoms with Crippen LogP contribution in [0.3, 0.4) is 0 Å². The number of halogens is 1. The third kappa shape index (κ3) is 3.68. The maximum Gasteiger partial charge on any atom is 0.103 e. The third-order valence-electron chi connectivity index (χ3n) is 3.62. The van der Waals surface area contributed by atoms with Crippen molar-refractivity contribution < 1.29 is 0 Å². The first-order valence-corrected chi connectivity index (χ1v) is 7.64. The fourth-order valence-corrected chi connectivity index (χ4v) is 2.86. The molecule has 0 saturated carbocycles. The van der Waals surface area contributed by atoms with E-state index in [4.69, 9.17) is 17.3 Å². The molecule has 0 radical (unpaired) electrons. The predicted molar refractivity (Wildman–Crippen MR) is 85.1 cm³/mol. The lowest BCUT2D eigenvalue weighted by Crippen LogP contribution is -2.42. The Bertz CT molecular complexity index is 442. The van der Waals surface area contributed by atoms with Crippen LogP contribution in [-0.2, 0) is 6.54 Å². The highest BCUT2D eigenvalue weighted by molar-refractivity contribution is 6.30. The molecule has 0 saturated heterocycles. The predicted octanol–water partition coefficient (Wildman–Crippen LogP) is 3.26. The summed E-state index contributed by atoms with van der Waals surface area (Å²) in [6.07, 6.45) is 5.83. The van der Waals surface area contributed by atoms with Gasteiger partial charge in [-0.15, -0.1) is 0 Å². The lowest BCUT2D eigenvalue weighted by atomic mass is 10.1. The SMILES string of the molecule is CC(C)C1N(CCCN)C=CN1Cc1ccc(Cl)cc1. The van der Waals surface area contributed by atoms with Crippen molar-refractivity contribution >= 4 is 11.6 Å². The summed E-state index contributed by atoms with van der Waals surface area (Å²) in [7, 11) is 0. The maximum atomic E-state index is 5.94. The van der Waals surface area contributed by atoms with E-state index in [0.717, 1.165) is 31.1 Å². The smallest absolute Gasteiger partial charge is 0.103 e. The summed E-state index contributed by atoms with van der Waals surface area (Å²) in [6, 6.07) is 8.09. The summed E-state index contributed by atoms with van der Waals surface area (Å²) in [5, 5.41) is 0.788. The molecule has 110 valence electrons. The maximum absolute atomic E-state index is 5.94. The standard InChI is InChI=1S/C16H24ClN3/c1-13(2)16-19(9-3-8-18)10-11-20(16)12-14-4-6-15(17)7-5-14/h4-7,10-11,13,16H,3,8-9,12,18H2,1-2H3. The molecule has 2 rings (SSSR count). The molecule has 0 amide bonds. The van der Waals surface area contributed by atoms with Gasteiger partial charge in [0.2, 0.25) is 0 Å². The first-order valence-electron chi connectivity index (χ1n) is 7.26. The molecule has 0 bridgehead atoms. The van der Waals surface area contributed by atoms with Crippen LogP contribution in [0, 0.1) is 5.92 Å². The van der Waals surface area contributed by atoms with E-state index in [1.54, 1.807) is 0 Å². The fraction of sp³-hybridized carbons (Fsp3) is 0.500. The summed E-state index contributed by atoms with van der Waals surface area (Å²) >= 11 is 5.94. The molecular formula is C16H24ClN3. The van der Waals surface area contributed by atoms with Crippen LogP contribution in [-0.4, -0.2) is 29.1 Å². The molecule has 0 aliphatic carbocycles. The Labute approximate surface area is 127 Å². The minimum absolute atomic E-state index is 0.414. The topological polar surface area (TPSA) is 32.5 Å². The van der Waals surface area contributed by atoms with E-state index in [2.05, 4.69) is 48.2 Å². The number of nitrogens with zero attached hydrogens (tertiary/aromatic N) is 2. The van der Waals surface area contributed by atoms with E-state index in [9.17, 15) is 0 Å². The Kier molecular flexibility index (Phi) is 5.32. The molecule has 4 heteroatoms. The molecule has 1 aliphatic rings. The number of nitrogens with two attached hydrogens (primary N) is 1. The summed E-state index contributed by atoms with van der Waals surface area (Å²) in [5.41, 5.74) is 6.91. The van der Waals surface area contributed by atoms with Gasteiger partial charge in [-0.25, -0.2) is 0 Å². The molecule has 3 nitrogen and oxygen atoms in total. The van der Waals surface area contributed by atoms with Crippen molar-refractivity contribution in [3.05, 3.63) is 47.3 Å². The first kappa shape index (κ1) is 15.2. The Morgan fingerprint density at radius 1 is 1.15 bits per heavy atom. The summed E-state index contributed by atoms with van der Waals surface area (Å²) in [6.45, 7) is 7.21. The van der Waals surface area contributed by atoms with Crippen LogP contribution in [0.15, 0.2) is 36.7 Å². The van der Waals surface area contributed by atoms with Gasteiger partial charge in [0, 0.05) is 30.5 Å². The van der Waals surface area contributed by atoms with Crippen LogP contribution >= 0.6 is 11.6 Å². The van der Waals surface area contributed by atoms with Crippen molar-refractivity contribution in [2.75, 3.05) is 13.1 Å². The fourth-order valence-electron chi connectivity index (χ4n) is 2.73. The van der Waals surface area contributed by atoms with E-state index in [-0.39, 0.29) is 0 Å². The van der Waals surface area contributed by atoms with Crippen molar-refractivity contribution in [1.29, 1.82) is 0 Å². The molecule has 0 fully saturated rings. The van der Waals surface area contributed by atoms with Gasteiger partial charge in [0.05, 0.1) is 0 Å². The molecule has 1 aromatic rings. The van der Waals surface area contributed by atoms with Crippen molar-refractivity contribution in [2.24, 2.45) is 11.7 Å². The van der Waals surface area contributed by atoms with Gasteiger partial charge in [0.1, 0.15) is 6.17 Å². The Hall–Kier alpha value is -1.19. The van der Waals surface area contributed by atoms with Crippen molar-refractivity contribution in [3.8, 4) is 0 Å². The molecule has 0 spiro atoms. The van der Waals surface area contributed by atoms with Gasteiger partial charge in [-0.2, -0.15) is 0 Å². The quantitative estimate of drug-likeness (QED) is 0.874. The van der Waals surface area contributed by atoms with Crippen LogP contribution in [0.4, 0.5) is 0 Å². The Morgan fingerprint density at radius 2 is 1.80 bits per heavy atom. The molecule has 2 N–H and O–H groups in total. The third-order valence-corrected chi connectivity index (χ3v) is 3.88. The van der Waals surface area contributed by atoms with E-state index in [1.807, 2.05) is 12.1 Å². The molecule has 1 aromatic carbocycles. The number of hydrogen-bond donors (Lipinski definition) is 1. The highest BCUT2D eigenvalue weighted by Gasteiger charge is 2.28. The van der Waals surface area contributed by atoms with Gasteiger partial charge in [-0.05, 0) is 36.6 Å². The second-order valence-electron chi connectivity index (χ2n) is 5.63. The highest BCUT2D eigenvalue weighted by atomic mass is 35.5. The average Bonchev–Trinajstić information content (AvgIpc) is 2.82. The van der Waals surface area contributed by atoms with Crippen LogP contribution in [0.5, 0.6) is 0 Å². The summed E-state index contributed by atoms with van der Waals surface area (Å²) < 4.78 is 0. The van der Waals surface area contributed by atoms with E-state index >= 15 is 0 Å². The van der Waals surface area contributed by atoms with Gasteiger partial charge < -0.3 is 15.5 Å². The first-order chi connectivity index (χ1) is 9.61. The molecule has 1 atom stereocenters. The van der Waals surface area contributed by atoms with Gasteiger partial charge >= 0.3 is 0 Å². The van der Waals surface area contributed by atoms with Crippen molar-refractivity contribution in [2.45, 2.75) is 33.0 Å². The van der Waals surface area contributed by atoms with E-state index in [0.29, 0.717) is 12.1 Å². The van der Waals surface area contributed by atoms with Gasteiger partial charge in [-0.1, -0.05) is 37.6 Å². The minimum Gasteiger partial charge on any atom is -0.356 e. The van der Waals surface area contributed by atoms with Crippen LogP contribution < -0.4 is 5.73 Å². The molecule has 1 aliphatic heterocycles. The zero-order valence-electron chi connectivity index (χ0n) is 12.3. The van der Waals surface area contributed by atoms with E-state index < -0.39 is 0 Å². The molecule has 20 heavy (non-hydrogen) atoms. The Morgan fingerprint density at radius 3 is 2.40 bits per heavy atom. The molecule has 1 unspecified atom stereocenters. The zero-order valence-corrected chi connectivity index (χ0v) is 13.1. The summed E-state index contributed by atoms with van der Waals surface area (Å²) in [5.74, 6) is 0.565. The molecule has 1 heterocycles. The second-order valence-corrected chi connectivity index (χ2v) is 6.07. The van der Waals surface area contributed by atoms with Gasteiger partial charge in [0.25, 0.3) is 0 Å². The monoisotopic (exact) mass is 293 g/mol. The zero-order chi connectivity index (χ0) is 14.5. The summed E-state index contributed by atoms with van der Waals surface area (Å²) in [4.78, 5) is 4.79. The van der Waals surface area contributed by atoms with Crippen LogP contribution in [0.1, 0.15) is 25.8 Å².